The van der Waals surface area contributed by atoms with Gasteiger partial charge in [0.25, 0.3) is 10.0 Å². The number of ether oxygens (including phenoxy) is 4. The van der Waals surface area contributed by atoms with Gasteiger partial charge in [-0.2, -0.15) is 17.7 Å². The van der Waals surface area contributed by atoms with E-state index >= 15 is 0 Å². The molecule has 1 atom stereocenters. The number of aromatic nitrogens is 3. The monoisotopic (exact) mass is 619 g/mol. The van der Waals surface area contributed by atoms with Crippen molar-refractivity contribution in [2.75, 3.05) is 20.8 Å². The molecule has 0 aliphatic rings. The minimum Gasteiger partial charge on any atom is -0.609 e. The van der Waals surface area contributed by atoms with Crippen molar-refractivity contribution in [1.82, 2.24) is 13.9 Å². The number of aliphatic carboxylic acids is 1. The number of imidazole rings is 1. The molecule has 0 aliphatic heterocycles. The zero-order chi connectivity index (χ0) is 29.0. The van der Waals surface area contributed by atoms with Gasteiger partial charge in [0.2, 0.25) is 0 Å². The zero-order valence-electron chi connectivity index (χ0n) is 21.8. The summed E-state index contributed by atoms with van der Waals surface area (Å²) in [6.45, 7) is -3.88. The van der Waals surface area contributed by atoms with Gasteiger partial charge in [0, 0.05) is 29.5 Å². The summed E-state index contributed by atoms with van der Waals surface area (Å²) >= 11 is -2.16. The Morgan fingerprint density at radius 3 is 2.37 bits per heavy atom. The second-order valence-corrected chi connectivity index (χ2v) is 10.9. The van der Waals surface area contributed by atoms with Gasteiger partial charge < -0.3 is 33.4 Å². The van der Waals surface area contributed by atoms with Crippen LogP contribution in [0.15, 0.2) is 64.8 Å². The number of carboxylic acid groups (broad SMARTS) is 1. The largest absolute Gasteiger partial charge is 1.00 e. The van der Waals surface area contributed by atoms with Gasteiger partial charge in [-0.05, 0) is 36.4 Å². The summed E-state index contributed by atoms with van der Waals surface area (Å²) in [7, 11) is -1.73. The molecule has 0 fully saturated rings. The van der Waals surface area contributed by atoms with Gasteiger partial charge in [0.1, 0.15) is 23.8 Å². The second-order valence-electron chi connectivity index (χ2n) is 7.81. The Bertz CT molecular complexity index is 1640. The van der Waals surface area contributed by atoms with Crippen LogP contribution >= 0.6 is 0 Å². The number of alkyl halides is 2. The van der Waals surface area contributed by atoms with Gasteiger partial charge in [-0.1, -0.05) is 0 Å². The Labute approximate surface area is 257 Å². The van der Waals surface area contributed by atoms with Gasteiger partial charge >= 0.3 is 41.3 Å². The Morgan fingerprint density at radius 1 is 1.07 bits per heavy atom. The SMILES string of the molecule is COc1ccnc(C[S+]([O-])c2nc3cc(OC(F)F)ccc3n2S(=O)(=O)c2ccc(OCC(=O)[O-])cc2)c1OC.[Na+]. The molecule has 4 aromatic rings. The van der Waals surface area contributed by atoms with E-state index in [4.69, 9.17) is 14.2 Å². The number of rotatable bonds is 12. The van der Waals surface area contributed by atoms with Crippen LogP contribution in [0.2, 0.25) is 0 Å². The van der Waals surface area contributed by atoms with E-state index in [-0.39, 0.29) is 74.2 Å². The standard InChI is InChI=1S/C24H21F2N3O9S2.Na/c1-35-20-9-10-27-18(22(20)36-2)13-39(32)24-28-17-11-15(38-23(25)26)5-8-19(17)29(24)40(33,34)16-6-3-14(4-7-16)37-12-21(30)31;/h3-11,23H,12-13H2,1-2H3,(H,30,31);/q;+1/p-1. The Morgan fingerprint density at radius 2 is 1.76 bits per heavy atom. The summed E-state index contributed by atoms with van der Waals surface area (Å²) in [5.41, 5.74) is 0.0460. The van der Waals surface area contributed by atoms with Crippen LogP contribution in [0.3, 0.4) is 0 Å². The summed E-state index contributed by atoms with van der Waals surface area (Å²) < 4.78 is 87.4. The number of benzene rings is 2. The topological polar surface area (TPSA) is 165 Å². The van der Waals surface area contributed by atoms with Crippen LogP contribution in [-0.2, 0) is 31.7 Å². The maximum Gasteiger partial charge on any atom is 1.00 e. The molecule has 0 aliphatic carbocycles. The van der Waals surface area contributed by atoms with Crippen LogP contribution in [0.25, 0.3) is 11.0 Å². The van der Waals surface area contributed by atoms with Gasteiger partial charge in [0.05, 0.1) is 36.1 Å². The molecule has 41 heavy (non-hydrogen) atoms. The van der Waals surface area contributed by atoms with E-state index in [0.717, 1.165) is 28.2 Å². The Balaban J connectivity index is 0.00000462. The second kappa shape index (κ2) is 13.7. The van der Waals surface area contributed by atoms with Crippen LogP contribution in [-0.4, -0.2) is 60.3 Å². The van der Waals surface area contributed by atoms with Crippen LogP contribution in [0, 0.1) is 0 Å². The molecular formula is C24H20F2N3NaO9S2. The van der Waals surface area contributed by atoms with Gasteiger partial charge in [-0.25, -0.2) is 8.42 Å². The first-order chi connectivity index (χ1) is 19.0. The summed E-state index contributed by atoms with van der Waals surface area (Å²) in [5.74, 6) is -1.54. The molecule has 2 aromatic carbocycles. The van der Waals surface area contributed by atoms with Crippen LogP contribution in [0.4, 0.5) is 8.78 Å². The van der Waals surface area contributed by atoms with Crippen molar-refractivity contribution in [2.45, 2.75) is 22.4 Å². The quantitative estimate of drug-likeness (QED) is 0.137. The smallest absolute Gasteiger partial charge is 0.609 e. The fraction of sp³-hybridized carbons (Fsp3) is 0.208. The molecule has 0 saturated carbocycles. The number of nitrogens with zero attached hydrogens (tertiary/aromatic N) is 3. The molecule has 2 aromatic heterocycles. The Hall–Kier alpha value is -3.15. The van der Waals surface area contributed by atoms with Gasteiger partial charge in [-0.3, -0.25) is 4.98 Å². The summed E-state index contributed by atoms with van der Waals surface area (Å²) in [6, 6.07) is 9.69. The minimum absolute atomic E-state index is 0. The molecule has 0 spiro atoms. The first-order valence-electron chi connectivity index (χ1n) is 11.1. The number of halogens is 2. The fourth-order valence-corrected chi connectivity index (χ4v) is 6.63. The van der Waals surface area contributed by atoms with Crippen LogP contribution in [0.5, 0.6) is 23.0 Å². The molecule has 17 heteroatoms. The minimum atomic E-state index is -4.49. The zero-order valence-corrected chi connectivity index (χ0v) is 25.4. The average molecular weight is 620 g/mol. The normalized spacial score (nSPS) is 12.0. The maximum atomic E-state index is 13.8. The van der Waals surface area contributed by atoms with Crippen molar-refractivity contribution < 1.29 is 80.2 Å². The number of hydrogen-bond acceptors (Lipinski definition) is 11. The predicted octanol–water partition coefficient (Wildman–Crippen LogP) is -1.27. The van der Waals surface area contributed by atoms with E-state index in [0.29, 0.717) is 5.75 Å². The fourth-order valence-electron chi connectivity index (χ4n) is 3.67. The van der Waals surface area contributed by atoms with Crippen molar-refractivity contribution in [2.24, 2.45) is 0 Å². The van der Waals surface area contributed by atoms with E-state index in [1.807, 2.05) is 0 Å². The van der Waals surface area contributed by atoms with Crippen LogP contribution in [0.1, 0.15) is 5.69 Å². The first-order valence-corrected chi connectivity index (χ1v) is 13.9. The van der Waals surface area contributed by atoms with E-state index < -0.39 is 45.5 Å². The molecule has 1 unspecified atom stereocenters. The molecule has 0 bridgehead atoms. The van der Waals surface area contributed by atoms with E-state index in [2.05, 4.69) is 14.7 Å². The molecule has 4 rings (SSSR count). The van der Waals surface area contributed by atoms with Crippen molar-refractivity contribution in [3.05, 3.63) is 60.4 Å². The van der Waals surface area contributed by atoms with Crippen molar-refractivity contribution in [1.29, 1.82) is 0 Å². The van der Waals surface area contributed by atoms with E-state index in [1.165, 1.54) is 44.7 Å². The number of hydrogen-bond donors (Lipinski definition) is 0. The van der Waals surface area contributed by atoms with E-state index in [1.54, 1.807) is 0 Å². The number of fused-ring (bicyclic) bond motifs is 1. The maximum absolute atomic E-state index is 13.8. The van der Waals surface area contributed by atoms with Gasteiger partial charge in [0.15, 0.2) is 17.3 Å². The van der Waals surface area contributed by atoms with Gasteiger partial charge in [-0.15, -0.1) is 0 Å². The molecule has 0 N–H and O–H groups in total. The molecule has 12 nitrogen and oxygen atoms in total. The third kappa shape index (κ3) is 7.20. The molecule has 0 amide bonds. The molecule has 2 heterocycles. The number of pyridine rings is 1. The predicted molar refractivity (Wildman–Crippen MR) is 133 cm³/mol. The third-order valence-corrected chi connectivity index (χ3v) is 8.39. The first kappa shape index (κ1) is 32.4. The molecule has 212 valence electrons. The van der Waals surface area contributed by atoms with Crippen molar-refractivity contribution in [3.8, 4) is 23.0 Å². The molecular weight excluding hydrogens is 599 g/mol. The number of methoxy groups -OCH3 is 2. The number of carbonyl (C=O) groups excluding carboxylic acids is 1. The average Bonchev–Trinajstić information content (AvgIpc) is 3.31. The van der Waals surface area contributed by atoms with Crippen LogP contribution < -0.4 is 53.6 Å². The van der Waals surface area contributed by atoms with Crippen molar-refractivity contribution >= 4 is 38.2 Å². The van der Waals surface area contributed by atoms with E-state index in [9.17, 15) is 31.7 Å². The summed E-state index contributed by atoms with van der Waals surface area (Å²) in [5, 5.41) is 10.2. The van der Waals surface area contributed by atoms with Crippen molar-refractivity contribution in [3.63, 3.8) is 0 Å². The Kier molecular flexibility index (Phi) is 10.8. The number of carboxylic acids is 1. The molecule has 0 radical (unpaired) electrons. The summed E-state index contributed by atoms with van der Waals surface area (Å²) in [4.78, 5) is 18.7. The third-order valence-electron chi connectivity index (χ3n) is 5.34. The number of carbonyl (C=O) groups is 1. The summed E-state index contributed by atoms with van der Waals surface area (Å²) in [6.07, 6.45) is 1.39. The molecule has 0 saturated heterocycles.